The summed E-state index contributed by atoms with van der Waals surface area (Å²) in [6, 6.07) is 10.7. The van der Waals surface area contributed by atoms with Crippen molar-refractivity contribution in [3.8, 4) is 0 Å². The Kier molecular flexibility index (Phi) is 3.87. The summed E-state index contributed by atoms with van der Waals surface area (Å²) in [4.78, 5) is 4.43. The molecule has 0 amide bonds. The standard InChI is InChI=1S/C17H17ClN2S/c1-10-4-5-13(11(2)8-10)12(3)20-16-14(18)6-7-15-17(16)19-9-21-15/h4-9,12,20H,1-3H3. The van der Waals surface area contributed by atoms with Crippen molar-refractivity contribution in [3.63, 3.8) is 0 Å². The minimum Gasteiger partial charge on any atom is -0.376 e. The molecule has 0 bridgehead atoms. The Hall–Kier alpha value is -1.58. The zero-order chi connectivity index (χ0) is 15.0. The monoisotopic (exact) mass is 316 g/mol. The maximum atomic E-state index is 6.36. The summed E-state index contributed by atoms with van der Waals surface area (Å²) >= 11 is 7.99. The van der Waals surface area contributed by atoms with Crippen molar-refractivity contribution in [3.05, 3.63) is 57.6 Å². The highest BCUT2D eigenvalue weighted by Gasteiger charge is 2.14. The normalized spacial score (nSPS) is 12.6. The van der Waals surface area contributed by atoms with Crippen LogP contribution in [0.3, 0.4) is 0 Å². The third-order valence-electron chi connectivity index (χ3n) is 3.70. The fraction of sp³-hybridized carbons (Fsp3) is 0.235. The molecule has 0 aliphatic heterocycles. The molecule has 4 heteroatoms. The molecule has 0 spiro atoms. The zero-order valence-electron chi connectivity index (χ0n) is 12.3. The summed E-state index contributed by atoms with van der Waals surface area (Å²) in [5, 5.41) is 4.24. The number of rotatable bonds is 3. The van der Waals surface area contributed by atoms with Crippen LogP contribution in [-0.4, -0.2) is 4.98 Å². The van der Waals surface area contributed by atoms with E-state index in [9.17, 15) is 0 Å². The van der Waals surface area contributed by atoms with Gasteiger partial charge in [-0.05, 0) is 44.0 Å². The van der Waals surface area contributed by atoms with Gasteiger partial charge in [0.2, 0.25) is 0 Å². The Morgan fingerprint density at radius 1 is 1.19 bits per heavy atom. The molecular weight excluding hydrogens is 300 g/mol. The molecule has 108 valence electrons. The van der Waals surface area contributed by atoms with E-state index in [2.05, 4.69) is 49.3 Å². The molecule has 2 nitrogen and oxygen atoms in total. The van der Waals surface area contributed by atoms with Crippen molar-refractivity contribution in [1.82, 2.24) is 4.98 Å². The van der Waals surface area contributed by atoms with E-state index in [1.54, 1.807) is 11.3 Å². The Bertz CT molecular complexity index is 795. The van der Waals surface area contributed by atoms with E-state index >= 15 is 0 Å². The molecule has 0 aliphatic rings. The second-order valence-electron chi connectivity index (χ2n) is 5.35. The summed E-state index contributed by atoms with van der Waals surface area (Å²) in [5.74, 6) is 0. The summed E-state index contributed by atoms with van der Waals surface area (Å²) < 4.78 is 1.15. The van der Waals surface area contributed by atoms with Gasteiger partial charge in [0.25, 0.3) is 0 Å². The average molecular weight is 317 g/mol. The smallest absolute Gasteiger partial charge is 0.106 e. The summed E-state index contributed by atoms with van der Waals surface area (Å²) in [6.07, 6.45) is 0. The summed E-state index contributed by atoms with van der Waals surface area (Å²) in [5.41, 5.74) is 7.57. The van der Waals surface area contributed by atoms with Gasteiger partial charge in [-0.2, -0.15) is 0 Å². The lowest BCUT2D eigenvalue weighted by atomic mass is 10.00. The zero-order valence-corrected chi connectivity index (χ0v) is 13.8. The van der Waals surface area contributed by atoms with Crippen LogP contribution in [0.25, 0.3) is 10.2 Å². The van der Waals surface area contributed by atoms with Gasteiger partial charge in [0, 0.05) is 6.04 Å². The van der Waals surface area contributed by atoms with E-state index in [0.717, 1.165) is 15.9 Å². The lowest BCUT2D eigenvalue weighted by Crippen LogP contribution is -2.09. The second kappa shape index (κ2) is 5.66. The number of anilines is 1. The Morgan fingerprint density at radius 2 is 2.00 bits per heavy atom. The van der Waals surface area contributed by atoms with E-state index in [4.69, 9.17) is 11.6 Å². The average Bonchev–Trinajstić information content (AvgIpc) is 2.90. The van der Waals surface area contributed by atoms with Crippen LogP contribution in [0.4, 0.5) is 5.69 Å². The van der Waals surface area contributed by atoms with Crippen LogP contribution in [0.5, 0.6) is 0 Å². The molecule has 1 aromatic heterocycles. The van der Waals surface area contributed by atoms with Gasteiger partial charge in [0.05, 0.1) is 20.9 Å². The first kappa shape index (κ1) is 14.4. The highest BCUT2D eigenvalue weighted by molar-refractivity contribution is 7.16. The van der Waals surface area contributed by atoms with Crippen LogP contribution in [0, 0.1) is 13.8 Å². The van der Waals surface area contributed by atoms with Crippen molar-refractivity contribution in [2.75, 3.05) is 5.32 Å². The molecule has 2 aromatic carbocycles. The Morgan fingerprint density at radius 3 is 2.76 bits per heavy atom. The van der Waals surface area contributed by atoms with Crippen molar-refractivity contribution in [2.45, 2.75) is 26.8 Å². The Balaban J connectivity index is 1.98. The number of hydrogen-bond acceptors (Lipinski definition) is 3. The van der Waals surface area contributed by atoms with Gasteiger partial charge in [-0.25, -0.2) is 4.98 Å². The fourth-order valence-electron chi connectivity index (χ4n) is 2.65. The highest BCUT2D eigenvalue weighted by atomic mass is 35.5. The largest absolute Gasteiger partial charge is 0.376 e. The first-order chi connectivity index (χ1) is 10.1. The van der Waals surface area contributed by atoms with E-state index < -0.39 is 0 Å². The predicted molar refractivity (Wildman–Crippen MR) is 92.6 cm³/mol. The van der Waals surface area contributed by atoms with E-state index in [0.29, 0.717) is 5.02 Å². The number of halogens is 1. The lowest BCUT2D eigenvalue weighted by molar-refractivity contribution is 0.874. The number of thiazole rings is 1. The minimum atomic E-state index is 0.176. The minimum absolute atomic E-state index is 0.176. The third-order valence-corrected chi connectivity index (χ3v) is 4.81. The van der Waals surface area contributed by atoms with Gasteiger partial charge in [-0.3, -0.25) is 0 Å². The second-order valence-corrected chi connectivity index (χ2v) is 6.64. The molecule has 0 fully saturated rings. The van der Waals surface area contributed by atoms with Gasteiger partial charge in [0.1, 0.15) is 5.52 Å². The maximum absolute atomic E-state index is 6.36. The van der Waals surface area contributed by atoms with Crippen molar-refractivity contribution in [1.29, 1.82) is 0 Å². The number of nitrogens with zero attached hydrogens (tertiary/aromatic N) is 1. The highest BCUT2D eigenvalue weighted by Crippen LogP contribution is 2.35. The third kappa shape index (κ3) is 2.76. The summed E-state index contributed by atoms with van der Waals surface area (Å²) in [6.45, 7) is 6.41. The predicted octanol–water partition coefficient (Wildman–Crippen LogP) is 5.74. The van der Waals surface area contributed by atoms with Gasteiger partial charge in [-0.1, -0.05) is 35.4 Å². The number of hydrogen-bond donors (Lipinski definition) is 1. The molecule has 1 atom stereocenters. The Labute approximate surface area is 133 Å². The van der Waals surface area contributed by atoms with E-state index in [-0.39, 0.29) is 6.04 Å². The number of benzene rings is 2. The molecule has 1 N–H and O–H groups in total. The van der Waals surface area contributed by atoms with Crippen molar-refractivity contribution >= 4 is 38.8 Å². The molecule has 0 saturated carbocycles. The molecule has 1 heterocycles. The van der Waals surface area contributed by atoms with Crippen LogP contribution in [0.2, 0.25) is 5.02 Å². The first-order valence-electron chi connectivity index (χ1n) is 6.91. The number of nitrogens with one attached hydrogen (secondary N) is 1. The number of fused-ring (bicyclic) bond motifs is 1. The molecule has 0 saturated heterocycles. The van der Waals surface area contributed by atoms with Crippen LogP contribution in [-0.2, 0) is 0 Å². The van der Waals surface area contributed by atoms with Crippen molar-refractivity contribution < 1.29 is 0 Å². The van der Waals surface area contributed by atoms with Gasteiger partial charge < -0.3 is 5.32 Å². The maximum Gasteiger partial charge on any atom is 0.106 e. The first-order valence-corrected chi connectivity index (χ1v) is 8.17. The fourth-order valence-corrected chi connectivity index (χ4v) is 3.54. The van der Waals surface area contributed by atoms with Crippen molar-refractivity contribution in [2.24, 2.45) is 0 Å². The summed E-state index contributed by atoms with van der Waals surface area (Å²) in [7, 11) is 0. The van der Waals surface area contributed by atoms with Crippen LogP contribution < -0.4 is 5.32 Å². The van der Waals surface area contributed by atoms with E-state index in [1.807, 2.05) is 17.6 Å². The van der Waals surface area contributed by atoms with Crippen LogP contribution in [0.15, 0.2) is 35.8 Å². The van der Waals surface area contributed by atoms with Gasteiger partial charge >= 0.3 is 0 Å². The molecule has 0 radical (unpaired) electrons. The quantitative estimate of drug-likeness (QED) is 0.666. The van der Waals surface area contributed by atoms with Crippen LogP contribution >= 0.6 is 22.9 Å². The molecular formula is C17H17ClN2S. The number of aromatic nitrogens is 1. The molecule has 0 aliphatic carbocycles. The number of aryl methyl sites for hydroxylation is 2. The van der Waals surface area contributed by atoms with Gasteiger partial charge in [-0.15, -0.1) is 11.3 Å². The molecule has 3 rings (SSSR count). The lowest BCUT2D eigenvalue weighted by Gasteiger charge is -2.19. The molecule has 1 unspecified atom stereocenters. The molecule has 21 heavy (non-hydrogen) atoms. The van der Waals surface area contributed by atoms with Gasteiger partial charge in [0.15, 0.2) is 0 Å². The topological polar surface area (TPSA) is 24.9 Å². The SMILES string of the molecule is Cc1ccc(C(C)Nc2c(Cl)ccc3scnc23)c(C)c1. The van der Waals surface area contributed by atoms with E-state index in [1.165, 1.54) is 16.7 Å². The molecule has 3 aromatic rings. The van der Waals surface area contributed by atoms with Crippen LogP contribution in [0.1, 0.15) is 29.7 Å².